The molecule has 0 aromatic rings. The zero-order chi connectivity index (χ0) is 31.8. The molecule has 7 nitrogen and oxygen atoms in total. The van der Waals surface area contributed by atoms with E-state index in [2.05, 4.69) is 67.3 Å². The summed E-state index contributed by atoms with van der Waals surface area (Å²) in [5.41, 5.74) is -2.27. The van der Waals surface area contributed by atoms with Crippen molar-refractivity contribution in [3.8, 4) is 0 Å². The molecule has 0 spiro atoms. The average Bonchev–Trinajstić information content (AvgIpc) is 2.76. The predicted octanol–water partition coefficient (Wildman–Crippen LogP) is 7.30. The van der Waals surface area contributed by atoms with E-state index in [9.17, 15) is 9.59 Å². The number of carbonyl (C=O) groups excluding carboxylic acids is 2. The van der Waals surface area contributed by atoms with Crippen LogP contribution in [0.2, 0.25) is 0 Å². The van der Waals surface area contributed by atoms with Crippen molar-refractivity contribution >= 4 is 12.4 Å². The van der Waals surface area contributed by atoms with Crippen LogP contribution in [-0.4, -0.2) is 73.1 Å². The van der Waals surface area contributed by atoms with Crippen LogP contribution in [0, 0.1) is 22.7 Å². The van der Waals surface area contributed by atoms with Crippen LogP contribution in [-0.2, 0) is 28.5 Å². The Morgan fingerprint density at radius 1 is 0.725 bits per heavy atom. The van der Waals surface area contributed by atoms with Crippen LogP contribution in [0.25, 0.3) is 0 Å². The maximum absolute atomic E-state index is 13.0. The van der Waals surface area contributed by atoms with Gasteiger partial charge in [0.1, 0.15) is 11.2 Å². The van der Waals surface area contributed by atoms with Gasteiger partial charge in [-0.2, -0.15) is 0 Å². The van der Waals surface area contributed by atoms with Crippen LogP contribution < -0.4 is 0 Å². The third kappa shape index (κ3) is 15.2. The summed E-state index contributed by atoms with van der Waals surface area (Å²) in [4.78, 5) is 26.1. The number of esters is 1. The Labute approximate surface area is 247 Å². The molecule has 0 radical (unpaired) electrons. The van der Waals surface area contributed by atoms with E-state index in [1.54, 1.807) is 0 Å². The van der Waals surface area contributed by atoms with Gasteiger partial charge in [0.15, 0.2) is 0 Å². The molecular weight excluding hydrogens is 506 g/mol. The predicted molar refractivity (Wildman–Crippen MR) is 164 cm³/mol. The lowest BCUT2D eigenvalue weighted by Crippen LogP contribution is -2.43. The minimum Gasteiger partial charge on any atom is -0.462 e. The summed E-state index contributed by atoms with van der Waals surface area (Å²) in [5, 5.41) is 0. The van der Waals surface area contributed by atoms with Gasteiger partial charge in [-0.05, 0) is 101 Å². The first kappa shape index (κ1) is 38.8. The highest BCUT2D eigenvalue weighted by Gasteiger charge is 2.39. The quantitative estimate of drug-likeness (QED) is 0.119. The van der Waals surface area contributed by atoms with Crippen molar-refractivity contribution in [2.75, 3.05) is 33.4 Å². The minimum atomic E-state index is -0.628. The van der Waals surface area contributed by atoms with Gasteiger partial charge in [-0.1, -0.05) is 34.6 Å². The number of carbonyl (C=O) groups is 2. The van der Waals surface area contributed by atoms with Gasteiger partial charge in [0, 0.05) is 24.9 Å². The molecule has 0 amide bonds. The fourth-order valence-electron chi connectivity index (χ4n) is 4.39. The molecule has 0 saturated carbocycles. The summed E-state index contributed by atoms with van der Waals surface area (Å²) in [5.74, 6) is -0.0285. The van der Waals surface area contributed by atoms with Crippen LogP contribution in [0.5, 0.6) is 0 Å². The van der Waals surface area contributed by atoms with E-state index in [4.69, 9.17) is 18.9 Å². The molecular formula is C33H65NO6. The van der Waals surface area contributed by atoms with E-state index in [0.717, 1.165) is 32.4 Å². The molecule has 238 valence electrons. The first-order valence-corrected chi connectivity index (χ1v) is 15.1. The molecule has 0 rings (SSSR count). The third-order valence-corrected chi connectivity index (χ3v) is 8.25. The number of rotatable bonds is 19. The first-order valence-electron chi connectivity index (χ1n) is 15.1. The van der Waals surface area contributed by atoms with Gasteiger partial charge in [0.2, 0.25) is 0 Å². The van der Waals surface area contributed by atoms with Crippen LogP contribution >= 0.6 is 0 Å². The highest BCUT2D eigenvalue weighted by atomic mass is 16.6. The van der Waals surface area contributed by atoms with Gasteiger partial charge in [0.05, 0.1) is 29.8 Å². The zero-order valence-electron chi connectivity index (χ0n) is 29.1. The van der Waals surface area contributed by atoms with E-state index in [0.29, 0.717) is 19.7 Å². The Morgan fingerprint density at radius 3 is 1.50 bits per heavy atom. The van der Waals surface area contributed by atoms with Crippen molar-refractivity contribution in [1.82, 2.24) is 4.90 Å². The normalized spacial score (nSPS) is 15.6. The number of hydrogen-bond acceptors (Lipinski definition) is 7. The van der Waals surface area contributed by atoms with Gasteiger partial charge >= 0.3 is 5.97 Å². The second kappa shape index (κ2) is 14.8. The van der Waals surface area contributed by atoms with Gasteiger partial charge < -0.3 is 23.8 Å². The van der Waals surface area contributed by atoms with Gasteiger partial charge in [-0.15, -0.1) is 0 Å². The number of nitrogens with zero attached hydrogens (tertiary/aromatic N) is 1. The van der Waals surface area contributed by atoms with E-state index in [1.807, 2.05) is 48.5 Å². The second-order valence-corrected chi connectivity index (χ2v) is 16.2. The molecule has 40 heavy (non-hydrogen) atoms. The molecule has 0 bridgehead atoms. The summed E-state index contributed by atoms with van der Waals surface area (Å²) in [7, 11) is 2.13. The number of ether oxygens (including phenoxy) is 4. The van der Waals surface area contributed by atoms with Crippen molar-refractivity contribution in [1.29, 1.82) is 0 Å². The Hall–Kier alpha value is -1.18. The summed E-state index contributed by atoms with van der Waals surface area (Å²) in [6.07, 6.45) is 2.52. The SMILES string of the molecule is CC(COC(C)(C)CCN(C)CCC(C)(C)OCC(C)C(C)(C)OC(=O)C(C)(C)CC(C)(C)C)C(C)(C)OC=O. The minimum absolute atomic E-state index is 0.0427. The molecule has 7 heteroatoms. The molecule has 2 unspecified atom stereocenters. The molecule has 0 aromatic heterocycles. The molecule has 0 saturated heterocycles. The molecule has 0 aliphatic rings. The van der Waals surface area contributed by atoms with Crippen molar-refractivity contribution < 1.29 is 28.5 Å². The van der Waals surface area contributed by atoms with E-state index < -0.39 is 16.6 Å². The Morgan fingerprint density at radius 2 is 1.12 bits per heavy atom. The highest BCUT2D eigenvalue weighted by Crippen LogP contribution is 2.36. The molecule has 2 atom stereocenters. The zero-order valence-corrected chi connectivity index (χ0v) is 29.1. The summed E-state index contributed by atoms with van der Waals surface area (Å²) in [6, 6.07) is 0. The van der Waals surface area contributed by atoms with Gasteiger partial charge in [-0.25, -0.2) is 0 Å². The summed E-state index contributed by atoms with van der Waals surface area (Å²) in [6.45, 7) is 34.1. The summed E-state index contributed by atoms with van der Waals surface area (Å²) < 4.78 is 23.8. The van der Waals surface area contributed by atoms with Crippen LogP contribution in [0.4, 0.5) is 0 Å². The molecule has 0 heterocycles. The van der Waals surface area contributed by atoms with Crippen molar-refractivity contribution in [3.05, 3.63) is 0 Å². The maximum Gasteiger partial charge on any atom is 0.312 e. The molecule has 0 aromatic carbocycles. The van der Waals surface area contributed by atoms with E-state index in [-0.39, 0.29) is 34.4 Å². The monoisotopic (exact) mass is 571 g/mol. The van der Waals surface area contributed by atoms with Crippen LogP contribution in [0.15, 0.2) is 0 Å². The standard InChI is InChI=1S/C33H65NO6/c1-25(32(12,13)39-24-35)21-37-30(8,9)17-19-34(16)20-18-31(10,11)38-22-26(2)33(14,15)40-27(36)29(6,7)23-28(3,4)5/h24-26H,17-23H2,1-16H3. The Bertz CT molecular complexity index is 778. The van der Waals surface area contributed by atoms with Crippen LogP contribution in [0.1, 0.15) is 123 Å². The maximum atomic E-state index is 13.0. The smallest absolute Gasteiger partial charge is 0.312 e. The van der Waals surface area contributed by atoms with Crippen molar-refractivity contribution in [2.24, 2.45) is 22.7 Å². The van der Waals surface area contributed by atoms with E-state index in [1.165, 1.54) is 0 Å². The lowest BCUT2D eigenvalue weighted by Gasteiger charge is -2.38. The number of hydrogen-bond donors (Lipinski definition) is 0. The van der Waals surface area contributed by atoms with Crippen molar-refractivity contribution in [3.63, 3.8) is 0 Å². The van der Waals surface area contributed by atoms with Gasteiger partial charge in [-0.3, -0.25) is 9.59 Å². The highest BCUT2D eigenvalue weighted by molar-refractivity contribution is 5.76. The average molecular weight is 572 g/mol. The molecule has 0 fully saturated rings. The first-order chi connectivity index (χ1) is 17.8. The third-order valence-electron chi connectivity index (χ3n) is 8.25. The fourth-order valence-corrected chi connectivity index (χ4v) is 4.39. The second-order valence-electron chi connectivity index (χ2n) is 16.2. The van der Waals surface area contributed by atoms with Gasteiger partial charge in [0.25, 0.3) is 6.47 Å². The largest absolute Gasteiger partial charge is 0.462 e. The lowest BCUT2D eigenvalue weighted by molar-refractivity contribution is -0.177. The molecule has 0 aliphatic heterocycles. The lowest BCUT2D eigenvalue weighted by atomic mass is 9.76. The van der Waals surface area contributed by atoms with Crippen molar-refractivity contribution in [2.45, 2.75) is 146 Å². The topological polar surface area (TPSA) is 74.3 Å². The molecule has 0 aliphatic carbocycles. The fraction of sp³-hybridized carbons (Fsp3) is 0.939. The Kier molecular flexibility index (Phi) is 14.4. The van der Waals surface area contributed by atoms with E-state index >= 15 is 0 Å². The Balaban J connectivity index is 4.71. The summed E-state index contributed by atoms with van der Waals surface area (Å²) >= 11 is 0. The molecule has 0 N–H and O–H groups in total. The van der Waals surface area contributed by atoms with Crippen LogP contribution in [0.3, 0.4) is 0 Å².